The molecule has 6 heteroatoms. The number of phenolic OH excluding ortho intramolecular Hbond substituents is 2. The van der Waals surface area contributed by atoms with E-state index in [-0.39, 0.29) is 28.0 Å². The van der Waals surface area contributed by atoms with Gasteiger partial charge in [0.15, 0.2) is 6.29 Å². The molecule has 0 amide bonds. The predicted octanol–water partition coefficient (Wildman–Crippen LogP) is 3.64. The molecule has 0 heterocycles. The summed E-state index contributed by atoms with van der Waals surface area (Å²) in [5, 5.41) is 19.5. The Morgan fingerprint density at radius 3 is 2.43 bits per heavy atom. The second-order valence-corrected chi connectivity index (χ2v) is 4.78. The number of aromatic hydroxyl groups is 2. The van der Waals surface area contributed by atoms with Crippen LogP contribution in [-0.2, 0) is 6.18 Å². The Bertz CT molecular complexity index is 827. The summed E-state index contributed by atoms with van der Waals surface area (Å²) in [5.74, 6) is 4.32. The standard InChI is InChI=1S/C17H11F3O3/c1-10-15(22)8-12(14(9-21)16(10)23)6-5-11-3-2-4-13(7-11)17(18,19)20/h2-4,7-9,22-23H,1H3. The van der Waals surface area contributed by atoms with E-state index in [0.717, 1.165) is 12.1 Å². The van der Waals surface area contributed by atoms with Crippen molar-refractivity contribution < 1.29 is 28.2 Å². The summed E-state index contributed by atoms with van der Waals surface area (Å²) in [6.07, 6.45) is -4.11. The molecule has 0 spiro atoms. The fraction of sp³-hybridized carbons (Fsp3) is 0.118. The molecule has 0 saturated carbocycles. The van der Waals surface area contributed by atoms with E-state index in [4.69, 9.17) is 0 Å². The molecule has 118 valence electrons. The Hall–Kier alpha value is -2.94. The van der Waals surface area contributed by atoms with Gasteiger partial charge in [0.25, 0.3) is 0 Å². The molecule has 2 aromatic rings. The average Bonchev–Trinajstić information content (AvgIpc) is 2.50. The fourth-order valence-corrected chi connectivity index (χ4v) is 1.91. The zero-order chi connectivity index (χ0) is 17.2. The first kappa shape index (κ1) is 16.4. The maximum Gasteiger partial charge on any atom is 0.416 e. The SMILES string of the molecule is Cc1c(O)cc(C#Cc2cccc(C(F)(F)F)c2)c(C=O)c1O. The zero-order valence-electron chi connectivity index (χ0n) is 11.9. The van der Waals surface area contributed by atoms with Crippen LogP contribution in [0.5, 0.6) is 11.5 Å². The van der Waals surface area contributed by atoms with Crippen LogP contribution in [-0.4, -0.2) is 16.5 Å². The van der Waals surface area contributed by atoms with Gasteiger partial charge < -0.3 is 10.2 Å². The third-order valence-electron chi connectivity index (χ3n) is 3.22. The molecule has 0 radical (unpaired) electrons. The Morgan fingerprint density at radius 2 is 1.83 bits per heavy atom. The molecular formula is C17H11F3O3. The maximum absolute atomic E-state index is 12.6. The van der Waals surface area contributed by atoms with Gasteiger partial charge in [0.05, 0.1) is 11.1 Å². The van der Waals surface area contributed by atoms with Gasteiger partial charge in [-0.3, -0.25) is 4.79 Å². The minimum Gasteiger partial charge on any atom is -0.507 e. The first-order valence-electron chi connectivity index (χ1n) is 6.44. The molecule has 0 atom stereocenters. The number of carbonyl (C=O) groups is 1. The number of alkyl halides is 3. The van der Waals surface area contributed by atoms with E-state index in [0.29, 0.717) is 6.29 Å². The van der Waals surface area contributed by atoms with E-state index in [1.165, 1.54) is 25.1 Å². The summed E-state index contributed by atoms with van der Waals surface area (Å²) < 4.78 is 37.9. The largest absolute Gasteiger partial charge is 0.507 e. The van der Waals surface area contributed by atoms with E-state index in [9.17, 15) is 28.2 Å². The quantitative estimate of drug-likeness (QED) is 0.623. The number of rotatable bonds is 1. The van der Waals surface area contributed by atoms with Crippen molar-refractivity contribution in [3.8, 4) is 23.3 Å². The van der Waals surface area contributed by atoms with Crippen molar-refractivity contribution in [2.24, 2.45) is 0 Å². The Labute approximate surface area is 130 Å². The van der Waals surface area contributed by atoms with Crippen molar-refractivity contribution in [1.29, 1.82) is 0 Å². The molecule has 2 N–H and O–H groups in total. The lowest BCUT2D eigenvalue weighted by atomic mass is 10.0. The van der Waals surface area contributed by atoms with Crippen LogP contribution in [0.15, 0.2) is 30.3 Å². The van der Waals surface area contributed by atoms with E-state index in [1.807, 2.05) is 0 Å². The molecule has 0 saturated heterocycles. The van der Waals surface area contributed by atoms with Gasteiger partial charge in [-0.05, 0) is 31.2 Å². The van der Waals surface area contributed by atoms with Crippen molar-refractivity contribution in [1.82, 2.24) is 0 Å². The van der Waals surface area contributed by atoms with Gasteiger partial charge in [-0.15, -0.1) is 0 Å². The van der Waals surface area contributed by atoms with Crippen molar-refractivity contribution in [3.05, 3.63) is 58.1 Å². The van der Waals surface area contributed by atoms with Crippen LogP contribution in [0.2, 0.25) is 0 Å². The summed E-state index contributed by atoms with van der Waals surface area (Å²) >= 11 is 0. The molecule has 0 aliphatic heterocycles. The van der Waals surface area contributed by atoms with Gasteiger partial charge in [0, 0.05) is 16.7 Å². The molecule has 0 aliphatic carbocycles. The van der Waals surface area contributed by atoms with Crippen LogP contribution in [0, 0.1) is 18.8 Å². The Morgan fingerprint density at radius 1 is 1.13 bits per heavy atom. The molecule has 0 aliphatic rings. The summed E-state index contributed by atoms with van der Waals surface area (Å²) in [7, 11) is 0. The first-order chi connectivity index (χ1) is 10.7. The van der Waals surface area contributed by atoms with Crippen molar-refractivity contribution in [2.75, 3.05) is 0 Å². The second-order valence-electron chi connectivity index (χ2n) is 4.78. The third-order valence-corrected chi connectivity index (χ3v) is 3.22. The summed E-state index contributed by atoms with van der Waals surface area (Å²) in [5.41, 5.74) is -0.722. The van der Waals surface area contributed by atoms with E-state index < -0.39 is 17.5 Å². The number of benzene rings is 2. The molecular weight excluding hydrogens is 309 g/mol. The minimum atomic E-state index is -4.48. The summed E-state index contributed by atoms with van der Waals surface area (Å²) in [6.45, 7) is 1.42. The Kier molecular flexibility index (Phi) is 4.32. The second kappa shape index (κ2) is 6.05. The van der Waals surface area contributed by atoms with Gasteiger partial charge in [-0.2, -0.15) is 13.2 Å². The smallest absolute Gasteiger partial charge is 0.416 e. The molecule has 0 unspecified atom stereocenters. The van der Waals surface area contributed by atoms with Crippen LogP contribution < -0.4 is 0 Å². The van der Waals surface area contributed by atoms with Gasteiger partial charge in [-0.25, -0.2) is 0 Å². The highest BCUT2D eigenvalue weighted by Gasteiger charge is 2.30. The summed E-state index contributed by atoms with van der Waals surface area (Å²) in [6, 6.07) is 5.58. The lowest BCUT2D eigenvalue weighted by molar-refractivity contribution is -0.137. The molecule has 2 aromatic carbocycles. The third kappa shape index (κ3) is 3.46. The van der Waals surface area contributed by atoms with E-state index in [1.54, 1.807) is 0 Å². The normalized spacial score (nSPS) is 10.8. The van der Waals surface area contributed by atoms with Crippen molar-refractivity contribution in [2.45, 2.75) is 13.1 Å². The van der Waals surface area contributed by atoms with Crippen LogP contribution in [0.4, 0.5) is 13.2 Å². The molecule has 2 rings (SSSR count). The highest BCUT2D eigenvalue weighted by molar-refractivity contribution is 5.85. The number of halogens is 3. The zero-order valence-corrected chi connectivity index (χ0v) is 11.9. The first-order valence-corrected chi connectivity index (χ1v) is 6.44. The number of aldehydes is 1. The number of hydrogen-bond acceptors (Lipinski definition) is 3. The molecule has 0 aromatic heterocycles. The minimum absolute atomic E-state index is 0.0259. The topological polar surface area (TPSA) is 57.5 Å². The van der Waals surface area contributed by atoms with E-state index >= 15 is 0 Å². The van der Waals surface area contributed by atoms with Crippen molar-refractivity contribution >= 4 is 6.29 Å². The molecule has 3 nitrogen and oxygen atoms in total. The highest BCUT2D eigenvalue weighted by atomic mass is 19.4. The molecule has 0 fully saturated rings. The number of phenols is 2. The molecule has 0 bridgehead atoms. The fourth-order valence-electron chi connectivity index (χ4n) is 1.91. The predicted molar refractivity (Wildman–Crippen MR) is 77.3 cm³/mol. The van der Waals surface area contributed by atoms with E-state index in [2.05, 4.69) is 11.8 Å². The highest BCUT2D eigenvalue weighted by Crippen LogP contribution is 2.32. The van der Waals surface area contributed by atoms with Gasteiger partial charge in [0.2, 0.25) is 0 Å². The van der Waals surface area contributed by atoms with Crippen LogP contribution in [0.25, 0.3) is 0 Å². The summed E-state index contributed by atoms with van der Waals surface area (Å²) in [4.78, 5) is 11.1. The van der Waals surface area contributed by atoms with Crippen LogP contribution in [0.3, 0.4) is 0 Å². The average molecular weight is 320 g/mol. The van der Waals surface area contributed by atoms with Crippen LogP contribution in [0.1, 0.15) is 32.6 Å². The van der Waals surface area contributed by atoms with Gasteiger partial charge in [-0.1, -0.05) is 17.9 Å². The monoisotopic (exact) mass is 320 g/mol. The number of carbonyl (C=O) groups excluding carboxylic acids is 1. The van der Waals surface area contributed by atoms with Gasteiger partial charge in [0.1, 0.15) is 11.5 Å². The Balaban J connectivity index is 2.50. The van der Waals surface area contributed by atoms with Crippen LogP contribution >= 0.6 is 0 Å². The maximum atomic E-state index is 12.6. The lowest BCUT2D eigenvalue weighted by Crippen LogP contribution is -2.04. The van der Waals surface area contributed by atoms with Crippen molar-refractivity contribution in [3.63, 3.8) is 0 Å². The number of hydrogen-bond donors (Lipinski definition) is 2. The molecule has 23 heavy (non-hydrogen) atoms. The lowest BCUT2D eigenvalue weighted by Gasteiger charge is -2.07. The van der Waals surface area contributed by atoms with Gasteiger partial charge >= 0.3 is 6.18 Å².